The molecule has 0 bridgehead atoms. The van der Waals surface area contributed by atoms with Gasteiger partial charge in [-0.15, -0.1) is 0 Å². The minimum Gasteiger partial charge on any atom is -0.383 e. The standard InChI is InChI=1S/C14H22ClNO2/c1-14(2,17-3)8-10-18-11-9-16-13-6-4-12(15)5-7-13/h4-7,16H,8-11H2,1-3H3. The predicted molar refractivity (Wildman–Crippen MR) is 76.5 cm³/mol. The number of benzene rings is 1. The number of ether oxygens (including phenoxy) is 2. The van der Waals surface area contributed by atoms with Crippen molar-refractivity contribution in [2.24, 2.45) is 0 Å². The Bertz CT molecular complexity index is 338. The Hall–Kier alpha value is -0.770. The van der Waals surface area contributed by atoms with Crippen LogP contribution < -0.4 is 5.32 Å². The second kappa shape index (κ2) is 7.62. The molecule has 1 aromatic rings. The van der Waals surface area contributed by atoms with Crippen LogP contribution in [0.5, 0.6) is 0 Å². The zero-order valence-corrected chi connectivity index (χ0v) is 12.1. The van der Waals surface area contributed by atoms with Crippen LogP contribution in [-0.2, 0) is 9.47 Å². The van der Waals surface area contributed by atoms with Gasteiger partial charge in [0.05, 0.1) is 12.2 Å². The monoisotopic (exact) mass is 271 g/mol. The van der Waals surface area contributed by atoms with Crippen LogP contribution in [0.15, 0.2) is 24.3 Å². The van der Waals surface area contributed by atoms with E-state index >= 15 is 0 Å². The van der Waals surface area contributed by atoms with E-state index in [0.717, 1.165) is 23.7 Å². The zero-order chi connectivity index (χ0) is 13.4. The fourth-order valence-corrected chi connectivity index (χ4v) is 1.48. The maximum absolute atomic E-state index is 5.81. The summed E-state index contributed by atoms with van der Waals surface area (Å²) in [4.78, 5) is 0. The molecule has 0 aliphatic carbocycles. The van der Waals surface area contributed by atoms with Gasteiger partial charge in [0.25, 0.3) is 0 Å². The fraction of sp³-hybridized carbons (Fsp3) is 0.571. The normalized spacial score (nSPS) is 11.6. The molecule has 0 aliphatic heterocycles. The first kappa shape index (κ1) is 15.3. The molecular weight excluding hydrogens is 250 g/mol. The van der Waals surface area contributed by atoms with Crippen molar-refractivity contribution in [3.63, 3.8) is 0 Å². The third-order valence-corrected chi connectivity index (χ3v) is 3.07. The Morgan fingerprint density at radius 1 is 1.17 bits per heavy atom. The van der Waals surface area contributed by atoms with Gasteiger partial charge < -0.3 is 14.8 Å². The van der Waals surface area contributed by atoms with Gasteiger partial charge in [-0.2, -0.15) is 0 Å². The molecule has 0 heterocycles. The number of hydrogen-bond acceptors (Lipinski definition) is 3. The van der Waals surface area contributed by atoms with E-state index in [1.807, 2.05) is 24.3 Å². The van der Waals surface area contributed by atoms with E-state index in [1.54, 1.807) is 7.11 Å². The lowest BCUT2D eigenvalue weighted by Gasteiger charge is -2.22. The van der Waals surface area contributed by atoms with E-state index in [-0.39, 0.29) is 5.60 Å². The maximum Gasteiger partial charge on any atom is 0.0644 e. The van der Waals surface area contributed by atoms with Gasteiger partial charge in [0.2, 0.25) is 0 Å². The SMILES string of the molecule is COC(C)(C)CCOCCNc1ccc(Cl)cc1. The molecule has 0 atom stereocenters. The Morgan fingerprint density at radius 3 is 2.44 bits per heavy atom. The Labute approximate surface area is 114 Å². The van der Waals surface area contributed by atoms with E-state index in [1.165, 1.54) is 0 Å². The average molecular weight is 272 g/mol. The van der Waals surface area contributed by atoms with Crippen LogP contribution in [0.1, 0.15) is 20.3 Å². The molecule has 0 aromatic heterocycles. The van der Waals surface area contributed by atoms with Crippen LogP contribution in [0.2, 0.25) is 5.02 Å². The lowest BCUT2D eigenvalue weighted by Crippen LogP contribution is -2.25. The zero-order valence-electron chi connectivity index (χ0n) is 11.3. The van der Waals surface area contributed by atoms with Gasteiger partial charge in [-0.25, -0.2) is 0 Å². The summed E-state index contributed by atoms with van der Waals surface area (Å²) in [5, 5.41) is 4.02. The van der Waals surface area contributed by atoms with Gasteiger partial charge in [-0.05, 0) is 44.5 Å². The molecule has 102 valence electrons. The average Bonchev–Trinajstić information content (AvgIpc) is 2.36. The topological polar surface area (TPSA) is 30.5 Å². The second-order valence-electron chi connectivity index (χ2n) is 4.76. The lowest BCUT2D eigenvalue weighted by molar-refractivity contribution is -0.00856. The summed E-state index contributed by atoms with van der Waals surface area (Å²) in [6.07, 6.45) is 0.893. The largest absolute Gasteiger partial charge is 0.383 e. The third kappa shape index (κ3) is 6.24. The molecule has 1 aromatic carbocycles. The third-order valence-electron chi connectivity index (χ3n) is 2.82. The van der Waals surface area contributed by atoms with Crippen LogP contribution in [0, 0.1) is 0 Å². The molecule has 4 heteroatoms. The van der Waals surface area contributed by atoms with Crippen LogP contribution in [0.25, 0.3) is 0 Å². The number of hydrogen-bond donors (Lipinski definition) is 1. The number of halogens is 1. The minimum absolute atomic E-state index is 0.108. The highest BCUT2D eigenvalue weighted by Gasteiger charge is 2.15. The van der Waals surface area contributed by atoms with E-state index in [9.17, 15) is 0 Å². The highest BCUT2D eigenvalue weighted by atomic mass is 35.5. The molecular formula is C14H22ClNO2. The molecule has 1 N–H and O–H groups in total. The lowest BCUT2D eigenvalue weighted by atomic mass is 10.1. The number of rotatable bonds is 8. The molecule has 0 spiro atoms. The van der Waals surface area contributed by atoms with Crippen LogP contribution in [0.4, 0.5) is 5.69 Å². The smallest absolute Gasteiger partial charge is 0.0644 e. The van der Waals surface area contributed by atoms with E-state index in [0.29, 0.717) is 13.2 Å². The molecule has 18 heavy (non-hydrogen) atoms. The summed E-state index contributed by atoms with van der Waals surface area (Å²) in [6.45, 7) is 6.30. The van der Waals surface area contributed by atoms with Crippen LogP contribution in [0.3, 0.4) is 0 Å². The molecule has 0 unspecified atom stereocenters. The molecule has 0 radical (unpaired) electrons. The summed E-state index contributed by atoms with van der Waals surface area (Å²) in [7, 11) is 1.72. The first-order valence-corrected chi connectivity index (χ1v) is 6.54. The molecule has 3 nitrogen and oxygen atoms in total. The van der Waals surface area contributed by atoms with Gasteiger partial charge in [0, 0.05) is 31.0 Å². The van der Waals surface area contributed by atoms with Gasteiger partial charge in [0.1, 0.15) is 0 Å². The first-order valence-electron chi connectivity index (χ1n) is 6.16. The summed E-state index contributed by atoms with van der Waals surface area (Å²) in [6, 6.07) is 7.64. The molecule has 0 saturated heterocycles. The number of anilines is 1. The Balaban J connectivity index is 2.07. The van der Waals surface area contributed by atoms with Gasteiger partial charge in [-0.3, -0.25) is 0 Å². The van der Waals surface area contributed by atoms with Crippen molar-refractivity contribution in [3.8, 4) is 0 Å². The van der Waals surface area contributed by atoms with E-state index < -0.39 is 0 Å². The van der Waals surface area contributed by atoms with Crippen molar-refractivity contribution >= 4 is 17.3 Å². The van der Waals surface area contributed by atoms with Gasteiger partial charge in [0.15, 0.2) is 0 Å². The van der Waals surface area contributed by atoms with E-state index in [2.05, 4.69) is 19.2 Å². The molecule has 0 aliphatic rings. The van der Waals surface area contributed by atoms with E-state index in [4.69, 9.17) is 21.1 Å². The Morgan fingerprint density at radius 2 is 1.83 bits per heavy atom. The van der Waals surface area contributed by atoms with Crippen molar-refractivity contribution in [2.45, 2.75) is 25.9 Å². The van der Waals surface area contributed by atoms with Crippen molar-refractivity contribution in [2.75, 3.05) is 32.2 Å². The summed E-state index contributed by atoms with van der Waals surface area (Å²) in [5.41, 5.74) is 0.948. The molecule has 1 rings (SSSR count). The highest BCUT2D eigenvalue weighted by molar-refractivity contribution is 6.30. The highest BCUT2D eigenvalue weighted by Crippen LogP contribution is 2.13. The van der Waals surface area contributed by atoms with Crippen molar-refractivity contribution in [3.05, 3.63) is 29.3 Å². The Kier molecular flexibility index (Phi) is 6.47. The number of methoxy groups -OCH3 is 1. The quantitative estimate of drug-likeness (QED) is 0.733. The van der Waals surface area contributed by atoms with Crippen LogP contribution in [-0.4, -0.2) is 32.5 Å². The maximum atomic E-state index is 5.81. The van der Waals surface area contributed by atoms with Crippen molar-refractivity contribution in [1.82, 2.24) is 0 Å². The molecule has 0 amide bonds. The predicted octanol–water partition coefficient (Wildman–Crippen LogP) is 3.58. The van der Waals surface area contributed by atoms with Crippen molar-refractivity contribution in [1.29, 1.82) is 0 Å². The summed E-state index contributed by atoms with van der Waals surface area (Å²) >= 11 is 5.81. The molecule has 0 saturated carbocycles. The first-order chi connectivity index (χ1) is 8.53. The minimum atomic E-state index is -0.108. The molecule has 0 fully saturated rings. The van der Waals surface area contributed by atoms with Gasteiger partial charge in [-0.1, -0.05) is 11.6 Å². The fourth-order valence-electron chi connectivity index (χ4n) is 1.36. The van der Waals surface area contributed by atoms with Crippen LogP contribution >= 0.6 is 11.6 Å². The number of nitrogens with one attached hydrogen (secondary N) is 1. The second-order valence-corrected chi connectivity index (χ2v) is 5.20. The van der Waals surface area contributed by atoms with Crippen molar-refractivity contribution < 1.29 is 9.47 Å². The summed E-state index contributed by atoms with van der Waals surface area (Å²) in [5.74, 6) is 0. The van der Waals surface area contributed by atoms with Gasteiger partial charge >= 0.3 is 0 Å². The summed E-state index contributed by atoms with van der Waals surface area (Å²) < 4.78 is 10.9.